The Bertz CT molecular complexity index is 1430. The second-order valence-electron chi connectivity index (χ2n) is 9.96. The molecule has 2 aliphatic heterocycles. The molecule has 41 heavy (non-hydrogen) atoms. The maximum Gasteiger partial charge on any atom is 0.416 e. The molecule has 0 bridgehead atoms. The van der Waals surface area contributed by atoms with Gasteiger partial charge in [-0.05, 0) is 41.0 Å². The highest BCUT2D eigenvalue weighted by molar-refractivity contribution is 5.92. The van der Waals surface area contributed by atoms with E-state index in [0.717, 1.165) is 12.1 Å². The number of nitrogens with zero attached hydrogens (tertiary/aromatic N) is 4. The standard InChI is InChI=1S/C29H27F4N5O3/c1-35-18-25(39)37-24(38(35)28(41)34-15-19-10-12-23(30)13-11-19)17-36(27(40)26(37)21-7-3-2-4-8-21)16-20-6-5-9-22(14-20)29(31,32)33/h2-14,24,26H,15-18H2,1H3,(H,34,41)/t24-,26-/m0/s1. The van der Waals surface area contributed by atoms with Crippen LogP contribution in [0.2, 0.25) is 0 Å². The number of carbonyl (C=O) groups excluding carboxylic acids is 3. The van der Waals surface area contributed by atoms with Gasteiger partial charge in [0.15, 0.2) is 0 Å². The van der Waals surface area contributed by atoms with E-state index in [9.17, 15) is 31.9 Å². The minimum atomic E-state index is -4.55. The van der Waals surface area contributed by atoms with Crippen molar-refractivity contribution in [3.63, 3.8) is 0 Å². The van der Waals surface area contributed by atoms with Gasteiger partial charge in [-0.1, -0.05) is 54.6 Å². The summed E-state index contributed by atoms with van der Waals surface area (Å²) in [5, 5.41) is 5.57. The number of hydrazine groups is 1. The van der Waals surface area contributed by atoms with E-state index in [4.69, 9.17) is 0 Å². The zero-order chi connectivity index (χ0) is 29.3. The van der Waals surface area contributed by atoms with Gasteiger partial charge in [0.25, 0.3) is 5.91 Å². The van der Waals surface area contributed by atoms with E-state index in [-0.39, 0.29) is 37.6 Å². The molecule has 12 heteroatoms. The first-order valence-electron chi connectivity index (χ1n) is 12.9. The fourth-order valence-corrected chi connectivity index (χ4v) is 5.22. The van der Waals surface area contributed by atoms with Gasteiger partial charge in [0.2, 0.25) is 5.91 Å². The number of rotatable bonds is 5. The maximum atomic E-state index is 13.9. The zero-order valence-electron chi connectivity index (χ0n) is 22.0. The third-order valence-corrected chi connectivity index (χ3v) is 7.14. The van der Waals surface area contributed by atoms with Gasteiger partial charge >= 0.3 is 12.2 Å². The normalized spacial score (nSPS) is 19.8. The van der Waals surface area contributed by atoms with Crippen molar-refractivity contribution < 1.29 is 31.9 Å². The summed E-state index contributed by atoms with van der Waals surface area (Å²) >= 11 is 0. The Morgan fingerprint density at radius 3 is 2.34 bits per heavy atom. The van der Waals surface area contributed by atoms with Crippen molar-refractivity contribution >= 4 is 17.8 Å². The summed E-state index contributed by atoms with van der Waals surface area (Å²) in [5.74, 6) is -1.25. The molecule has 0 aliphatic carbocycles. The molecule has 4 amide bonds. The van der Waals surface area contributed by atoms with E-state index in [1.807, 2.05) is 0 Å². The van der Waals surface area contributed by atoms with Crippen LogP contribution in [0, 0.1) is 5.82 Å². The van der Waals surface area contributed by atoms with Crippen LogP contribution in [0.3, 0.4) is 0 Å². The Labute approximate surface area is 233 Å². The second kappa shape index (κ2) is 11.2. The minimum absolute atomic E-state index is 0.0825. The monoisotopic (exact) mass is 569 g/mol. The van der Waals surface area contributed by atoms with Crippen LogP contribution in [0.15, 0.2) is 78.9 Å². The zero-order valence-corrected chi connectivity index (χ0v) is 22.0. The number of piperazine rings is 1. The molecule has 2 fully saturated rings. The molecule has 0 saturated carbocycles. The van der Waals surface area contributed by atoms with E-state index in [2.05, 4.69) is 5.32 Å². The topological polar surface area (TPSA) is 76.2 Å². The first kappa shape index (κ1) is 28.1. The van der Waals surface area contributed by atoms with Crippen LogP contribution >= 0.6 is 0 Å². The molecule has 0 aromatic heterocycles. The predicted octanol–water partition coefficient (Wildman–Crippen LogP) is 4.15. The molecule has 214 valence electrons. The smallest absolute Gasteiger partial charge is 0.333 e. The molecular formula is C29H27F4N5O3. The third kappa shape index (κ3) is 5.87. The number of benzene rings is 3. The Morgan fingerprint density at radius 1 is 0.951 bits per heavy atom. The van der Waals surface area contributed by atoms with Crippen molar-refractivity contribution in [2.75, 3.05) is 20.1 Å². The number of hydrogen-bond acceptors (Lipinski definition) is 4. The van der Waals surface area contributed by atoms with Gasteiger partial charge in [-0.3, -0.25) is 9.59 Å². The lowest BCUT2D eigenvalue weighted by Crippen LogP contribution is -2.73. The van der Waals surface area contributed by atoms with Crippen molar-refractivity contribution in [3.8, 4) is 0 Å². The lowest BCUT2D eigenvalue weighted by atomic mass is 9.98. The molecule has 2 saturated heterocycles. The van der Waals surface area contributed by atoms with Gasteiger partial charge in [-0.25, -0.2) is 19.2 Å². The van der Waals surface area contributed by atoms with E-state index in [0.29, 0.717) is 11.1 Å². The van der Waals surface area contributed by atoms with E-state index in [1.165, 1.54) is 56.2 Å². The summed E-state index contributed by atoms with van der Waals surface area (Å²) in [5.41, 5.74) is 0.589. The van der Waals surface area contributed by atoms with Gasteiger partial charge in [-0.15, -0.1) is 0 Å². The average molecular weight is 570 g/mol. The quantitative estimate of drug-likeness (QED) is 0.469. The Balaban J connectivity index is 1.47. The van der Waals surface area contributed by atoms with Crippen molar-refractivity contribution in [2.24, 2.45) is 0 Å². The van der Waals surface area contributed by atoms with Crippen molar-refractivity contribution in [2.45, 2.75) is 31.5 Å². The summed E-state index contributed by atoms with van der Waals surface area (Å²) in [4.78, 5) is 43.5. The summed E-state index contributed by atoms with van der Waals surface area (Å²) in [6.07, 6.45) is -5.49. The highest BCUT2D eigenvalue weighted by Crippen LogP contribution is 2.36. The van der Waals surface area contributed by atoms with Crippen molar-refractivity contribution in [3.05, 3.63) is 107 Å². The van der Waals surface area contributed by atoms with E-state index in [1.54, 1.807) is 37.4 Å². The molecule has 0 radical (unpaired) electrons. The molecule has 2 aliphatic rings. The number of halogens is 4. The summed E-state index contributed by atoms with van der Waals surface area (Å²) in [6.45, 7) is -0.373. The Hall–Kier alpha value is -4.45. The Morgan fingerprint density at radius 2 is 1.66 bits per heavy atom. The van der Waals surface area contributed by atoms with Crippen LogP contribution in [0.5, 0.6) is 0 Å². The number of likely N-dealkylation sites (N-methyl/N-ethyl adjacent to an activating group) is 1. The summed E-state index contributed by atoms with van der Waals surface area (Å²) in [7, 11) is 1.57. The molecule has 3 aromatic carbocycles. The SMILES string of the molecule is CN1CC(=O)N2[C@@H](c3ccccc3)C(=O)N(Cc3cccc(C(F)(F)F)c3)C[C@@H]2N1C(=O)NCc1ccc(F)cc1. The fraction of sp³-hybridized carbons (Fsp3) is 0.276. The van der Waals surface area contributed by atoms with E-state index >= 15 is 0 Å². The van der Waals surface area contributed by atoms with E-state index < -0.39 is 41.7 Å². The molecule has 0 spiro atoms. The minimum Gasteiger partial charge on any atom is -0.333 e. The molecule has 2 atom stereocenters. The number of carbonyl (C=O) groups is 3. The van der Waals surface area contributed by atoms with Crippen LogP contribution in [-0.4, -0.2) is 64.0 Å². The lowest BCUT2D eigenvalue weighted by molar-refractivity contribution is -0.188. The van der Waals surface area contributed by atoms with Crippen LogP contribution in [-0.2, 0) is 28.9 Å². The van der Waals surface area contributed by atoms with Gasteiger partial charge in [0.05, 0.1) is 18.7 Å². The first-order chi connectivity index (χ1) is 19.5. The Kier molecular flexibility index (Phi) is 7.68. The van der Waals surface area contributed by atoms with Crippen LogP contribution < -0.4 is 5.32 Å². The number of amides is 4. The van der Waals surface area contributed by atoms with Crippen molar-refractivity contribution in [1.29, 1.82) is 0 Å². The first-order valence-corrected chi connectivity index (χ1v) is 12.9. The lowest BCUT2D eigenvalue weighted by Gasteiger charge is -2.54. The number of nitrogens with one attached hydrogen (secondary N) is 1. The largest absolute Gasteiger partial charge is 0.416 e. The van der Waals surface area contributed by atoms with Crippen LogP contribution in [0.25, 0.3) is 0 Å². The molecule has 2 heterocycles. The molecule has 3 aromatic rings. The number of alkyl halides is 3. The highest BCUT2D eigenvalue weighted by Gasteiger charge is 2.51. The fourth-order valence-electron chi connectivity index (χ4n) is 5.22. The van der Waals surface area contributed by atoms with Gasteiger partial charge in [0.1, 0.15) is 18.0 Å². The number of hydrogen-bond donors (Lipinski definition) is 1. The summed E-state index contributed by atoms with van der Waals surface area (Å²) in [6, 6.07) is 17.3. The van der Waals surface area contributed by atoms with Crippen molar-refractivity contribution in [1.82, 2.24) is 25.1 Å². The third-order valence-electron chi connectivity index (χ3n) is 7.14. The molecular weight excluding hydrogens is 542 g/mol. The van der Waals surface area contributed by atoms with Crippen LogP contribution in [0.1, 0.15) is 28.3 Å². The second-order valence-corrected chi connectivity index (χ2v) is 9.96. The predicted molar refractivity (Wildman–Crippen MR) is 140 cm³/mol. The van der Waals surface area contributed by atoms with Gasteiger partial charge in [0, 0.05) is 20.1 Å². The maximum absolute atomic E-state index is 13.9. The van der Waals surface area contributed by atoms with Gasteiger partial charge in [-0.2, -0.15) is 13.2 Å². The van der Waals surface area contributed by atoms with Gasteiger partial charge < -0.3 is 15.1 Å². The van der Waals surface area contributed by atoms with Crippen LogP contribution in [0.4, 0.5) is 22.4 Å². The molecule has 8 nitrogen and oxygen atoms in total. The number of fused-ring (bicyclic) bond motifs is 1. The summed E-state index contributed by atoms with van der Waals surface area (Å²) < 4.78 is 53.4. The molecule has 1 N–H and O–H groups in total. The molecule has 5 rings (SSSR count). The molecule has 0 unspecified atom stereocenters. The highest BCUT2D eigenvalue weighted by atomic mass is 19.4. The number of urea groups is 1. The average Bonchev–Trinajstić information content (AvgIpc) is 2.94.